The molecule has 0 spiro atoms. The first-order valence-electron chi connectivity index (χ1n) is 0.183. The molecule has 26 valence electrons. The van der Waals surface area contributed by atoms with E-state index >= 15 is 0 Å². The zero-order chi connectivity index (χ0) is 2.00. The molecule has 0 atom stereocenters. The van der Waals surface area contributed by atoms with Crippen LogP contribution in [-0.2, 0) is 61.9 Å². The van der Waals surface area contributed by atoms with Crippen molar-refractivity contribution < 1.29 is 61.9 Å². The van der Waals surface area contributed by atoms with Gasteiger partial charge in [0.2, 0.25) is 0 Å². The van der Waals surface area contributed by atoms with E-state index in [0.717, 1.165) is 0 Å². The van der Waals surface area contributed by atoms with Crippen LogP contribution < -0.4 is 0 Å². The van der Waals surface area contributed by atoms with Gasteiger partial charge >= 0.3 is 74.0 Å². The summed E-state index contributed by atoms with van der Waals surface area (Å²) in [7, 11) is 0. The number of rotatable bonds is 0. The topological polar surface area (TPSA) is 74.1 Å². The van der Waals surface area contributed by atoms with Crippen molar-refractivity contribution in [1.29, 1.82) is 0 Å². The Kier molecular flexibility index (Phi) is 414. The van der Waals surface area contributed by atoms with Gasteiger partial charge in [0.15, 0.2) is 0 Å². The largest absolute Gasteiger partial charge is 4.00 e. The van der Waals surface area contributed by atoms with Crippen molar-refractivity contribution in [2.45, 2.75) is 0 Å². The molecule has 0 aromatic heterocycles. The molecular formula is O3SbTiZr+5. The summed E-state index contributed by atoms with van der Waals surface area (Å²) in [5, 5.41) is 0. The van der Waals surface area contributed by atoms with Crippen LogP contribution in [0.2, 0.25) is 0 Å². The van der Waals surface area contributed by atoms with Crippen molar-refractivity contribution in [3.05, 3.63) is 0 Å². The first-order chi connectivity index (χ1) is 1.00. The fourth-order valence-corrected chi connectivity index (χ4v) is 0. The van der Waals surface area contributed by atoms with Crippen molar-refractivity contribution in [2.75, 3.05) is 0 Å². The van der Waals surface area contributed by atoms with Gasteiger partial charge in [0.25, 0.3) is 0 Å². The van der Waals surface area contributed by atoms with Gasteiger partial charge in [0, 0.05) is 0 Å². The Balaban J connectivity index is -0.000000000833. The minimum atomic E-state index is 0. The summed E-state index contributed by atoms with van der Waals surface area (Å²) in [5.74, 6) is 0. The Hall–Kier alpha value is 2.14. The monoisotopic (exact) mass is 307 g/mol. The van der Waals surface area contributed by atoms with E-state index in [1.165, 1.54) is 0 Å². The van der Waals surface area contributed by atoms with Crippen LogP contribution in [0.3, 0.4) is 0 Å². The average Bonchev–Trinajstić information content (AvgIpc) is 1.00. The SMILES string of the molecule is [O-2].[O-2].[O]=[Sb+].[Ti+4].[Zr+4]. The molecule has 0 saturated heterocycles. The third-order valence-corrected chi connectivity index (χ3v) is 0. The fourth-order valence-electron chi connectivity index (χ4n) is 0. The van der Waals surface area contributed by atoms with Crippen molar-refractivity contribution in [1.82, 2.24) is 0 Å². The van der Waals surface area contributed by atoms with Crippen LogP contribution in [-0.4, -0.2) is 23.0 Å². The number of hydrogen-bond acceptors (Lipinski definition) is 1. The van der Waals surface area contributed by atoms with E-state index in [1.54, 1.807) is 0 Å². The predicted molar refractivity (Wildman–Crippen MR) is 7.81 cm³/mol. The van der Waals surface area contributed by atoms with Gasteiger partial charge in [-0.15, -0.1) is 0 Å². The van der Waals surface area contributed by atoms with Gasteiger partial charge in [-0.25, -0.2) is 0 Å². The van der Waals surface area contributed by atoms with E-state index in [1.807, 2.05) is 0 Å². The average molecular weight is 309 g/mol. The van der Waals surface area contributed by atoms with Crippen LogP contribution in [0.5, 0.6) is 0 Å². The van der Waals surface area contributed by atoms with Gasteiger partial charge < -0.3 is 11.0 Å². The smallest absolute Gasteiger partial charge is 4.00 e. The summed E-state index contributed by atoms with van der Waals surface area (Å²) in [4.78, 5) is 0. The third-order valence-electron chi connectivity index (χ3n) is 0. The van der Waals surface area contributed by atoms with Crippen molar-refractivity contribution in [3.63, 3.8) is 0 Å². The molecule has 0 saturated carbocycles. The molecule has 0 fully saturated rings. The third kappa shape index (κ3) is 35.5. The summed E-state index contributed by atoms with van der Waals surface area (Å²) in [6.45, 7) is 0. The first-order valence-corrected chi connectivity index (χ1v) is 1.22. The Labute approximate surface area is 83.8 Å². The molecule has 0 bridgehead atoms. The van der Waals surface area contributed by atoms with E-state index in [0.29, 0.717) is 23.0 Å². The molecule has 0 rings (SSSR count). The summed E-state index contributed by atoms with van der Waals surface area (Å²) < 4.78 is 8.30. The molecule has 0 aliphatic carbocycles. The predicted octanol–water partition coefficient (Wildman–Crippen LogP) is -0.742. The van der Waals surface area contributed by atoms with Crippen LogP contribution in [0.15, 0.2) is 0 Å². The second-order valence-corrected chi connectivity index (χ2v) is 0. The Bertz CT molecular complexity index is 10.8. The van der Waals surface area contributed by atoms with Crippen molar-refractivity contribution in [2.24, 2.45) is 0 Å². The molecule has 6 heavy (non-hydrogen) atoms. The molecule has 0 heterocycles. The molecule has 3 nitrogen and oxygen atoms in total. The van der Waals surface area contributed by atoms with Crippen LogP contribution in [0.1, 0.15) is 0 Å². The minimum absolute atomic E-state index is 0. The van der Waals surface area contributed by atoms with E-state index in [9.17, 15) is 0 Å². The molecule has 0 unspecified atom stereocenters. The van der Waals surface area contributed by atoms with Gasteiger partial charge in [-0.1, -0.05) is 0 Å². The van der Waals surface area contributed by atoms with Crippen LogP contribution in [0.4, 0.5) is 0 Å². The fraction of sp³-hybridized carbons (Fsp3) is 0. The van der Waals surface area contributed by atoms with Crippen LogP contribution in [0, 0.1) is 0 Å². The Morgan fingerprint density at radius 2 is 1.00 bits per heavy atom. The summed E-state index contributed by atoms with van der Waals surface area (Å²) in [5.41, 5.74) is 0. The van der Waals surface area contributed by atoms with Gasteiger partial charge in [-0.3, -0.25) is 0 Å². The van der Waals surface area contributed by atoms with Gasteiger partial charge in [0.05, 0.1) is 0 Å². The van der Waals surface area contributed by atoms with E-state index in [4.69, 9.17) is 3.02 Å². The maximum Gasteiger partial charge on any atom is 4.00 e. The zero-order valence-electron chi connectivity index (χ0n) is 2.67. The molecule has 6 heteroatoms. The Morgan fingerprint density at radius 3 is 1.00 bits per heavy atom. The molecule has 0 aliphatic heterocycles. The van der Waals surface area contributed by atoms with Gasteiger partial charge in [0.1, 0.15) is 0 Å². The first kappa shape index (κ1) is 42.1. The molecule has 0 aromatic carbocycles. The zero-order valence-corrected chi connectivity index (χ0v) is 9.24. The second kappa shape index (κ2) is 58.9. The van der Waals surface area contributed by atoms with E-state index < -0.39 is 0 Å². The van der Waals surface area contributed by atoms with Crippen LogP contribution in [0.25, 0.3) is 0 Å². The molecule has 0 amide bonds. The van der Waals surface area contributed by atoms with Gasteiger partial charge in [-0.05, 0) is 0 Å². The standard InChI is InChI=1S/3O.Sb.Ti.Zr/q;2*-2;+1;2*+4. The van der Waals surface area contributed by atoms with Crippen LogP contribution >= 0.6 is 0 Å². The maximum absolute atomic E-state index is 8.30. The quantitative estimate of drug-likeness (QED) is 0.543. The molecule has 2 radical (unpaired) electrons. The Morgan fingerprint density at radius 1 is 1.00 bits per heavy atom. The summed E-state index contributed by atoms with van der Waals surface area (Å²) in [6, 6.07) is 0. The van der Waals surface area contributed by atoms with Crippen molar-refractivity contribution >= 4 is 23.0 Å². The molecule has 0 N–H and O–H groups in total. The van der Waals surface area contributed by atoms with Crippen molar-refractivity contribution in [3.8, 4) is 0 Å². The molecule has 0 aromatic rings. The van der Waals surface area contributed by atoms with Gasteiger partial charge in [-0.2, -0.15) is 0 Å². The summed E-state index contributed by atoms with van der Waals surface area (Å²) >= 11 is 0.500. The molecular weight excluding hydrogens is 309 g/mol. The van der Waals surface area contributed by atoms with E-state index in [-0.39, 0.29) is 58.9 Å². The minimum Gasteiger partial charge on any atom is 4.00 e. The maximum atomic E-state index is 8.30. The molecule has 0 aliphatic rings. The number of hydrogen-bond donors (Lipinski definition) is 0. The summed E-state index contributed by atoms with van der Waals surface area (Å²) in [6.07, 6.45) is 0. The second-order valence-electron chi connectivity index (χ2n) is 0. The normalized spacial score (nSPS) is 0.667. The van der Waals surface area contributed by atoms with E-state index in [2.05, 4.69) is 0 Å².